The Bertz CT molecular complexity index is 879. The van der Waals surface area contributed by atoms with Crippen molar-refractivity contribution in [2.45, 2.75) is 24.6 Å². The van der Waals surface area contributed by atoms with E-state index in [4.69, 9.17) is 33.0 Å². The fourth-order valence-electron chi connectivity index (χ4n) is 4.73. The van der Waals surface area contributed by atoms with Gasteiger partial charge in [0.05, 0.1) is 44.9 Å². The fraction of sp³-hybridized carbons (Fsp3) is 0.842. The van der Waals surface area contributed by atoms with Gasteiger partial charge in [-0.25, -0.2) is 4.79 Å². The molecule has 1 saturated heterocycles. The number of hydrogen-bond acceptors (Lipinski definition) is 11. The topological polar surface area (TPSA) is 161 Å². The van der Waals surface area contributed by atoms with Gasteiger partial charge in [0.2, 0.25) is 0 Å². The Hall–Kier alpha value is -1.94. The quantitative estimate of drug-likeness (QED) is 0.136. The Labute approximate surface area is 193 Å². The first-order valence-electron chi connectivity index (χ1n) is 10.5. The Morgan fingerprint density at radius 2 is 1.71 bits per heavy atom. The standard InChI is InChI=1S/C19H26F2O12S/c1-28-2-3-29-4-5-30-6-7-31-16(22)12-10-8-11-13(12)17(23)32-14(11)15(10)33-18(24)19(20,21)9-34(25,26)27/h10-15H,2-9H2,1H3,(H,25,26,27). The van der Waals surface area contributed by atoms with E-state index in [0.717, 1.165) is 0 Å². The van der Waals surface area contributed by atoms with E-state index < -0.39 is 75.6 Å². The Kier molecular flexibility index (Phi) is 8.44. The minimum absolute atomic E-state index is 0.0538. The van der Waals surface area contributed by atoms with Gasteiger partial charge in [0.25, 0.3) is 10.1 Å². The van der Waals surface area contributed by atoms with E-state index >= 15 is 0 Å². The van der Waals surface area contributed by atoms with E-state index in [9.17, 15) is 31.6 Å². The minimum atomic E-state index is -5.17. The van der Waals surface area contributed by atoms with Gasteiger partial charge in [-0.15, -0.1) is 0 Å². The average Bonchev–Trinajstić information content (AvgIpc) is 3.34. The van der Waals surface area contributed by atoms with Crippen LogP contribution in [0, 0.1) is 23.7 Å². The summed E-state index contributed by atoms with van der Waals surface area (Å²) < 4.78 is 88.4. The summed E-state index contributed by atoms with van der Waals surface area (Å²) >= 11 is 0. The second-order valence-corrected chi connectivity index (χ2v) is 9.65. The second-order valence-electron chi connectivity index (χ2n) is 8.20. The number of hydrogen-bond donors (Lipinski definition) is 1. The zero-order valence-corrected chi connectivity index (χ0v) is 19.0. The van der Waals surface area contributed by atoms with Gasteiger partial charge in [-0.1, -0.05) is 0 Å². The molecule has 0 amide bonds. The van der Waals surface area contributed by atoms with Gasteiger partial charge in [0.1, 0.15) is 18.8 Å². The lowest BCUT2D eigenvalue weighted by atomic mass is 9.78. The molecular weight excluding hydrogens is 490 g/mol. The molecule has 12 nitrogen and oxygen atoms in total. The lowest BCUT2D eigenvalue weighted by Gasteiger charge is -2.31. The van der Waals surface area contributed by atoms with Crippen molar-refractivity contribution in [2.75, 3.05) is 52.5 Å². The molecule has 6 unspecified atom stereocenters. The predicted molar refractivity (Wildman–Crippen MR) is 104 cm³/mol. The average molecular weight is 516 g/mol. The van der Waals surface area contributed by atoms with Gasteiger partial charge in [-0.05, 0) is 6.42 Å². The molecule has 0 spiro atoms. The van der Waals surface area contributed by atoms with Crippen LogP contribution >= 0.6 is 0 Å². The summed E-state index contributed by atoms with van der Waals surface area (Å²) in [5.41, 5.74) is 0. The molecule has 3 rings (SSSR count). The molecule has 2 aliphatic carbocycles. The minimum Gasteiger partial charge on any atom is -0.463 e. The van der Waals surface area contributed by atoms with E-state index in [1.165, 1.54) is 0 Å². The molecule has 2 bridgehead atoms. The molecule has 0 aromatic heterocycles. The molecule has 194 valence electrons. The smallest absolute Gasteiger partial charge is 0.378 e. The fourth-order valence-corrected chi connectivity index (χ4v) is 5.30. The van der Waals surface area contributed by atoms with Crippen LogP contribution in [-0.4, -0.2) is 102 Å². The van der Waals surface area contributed by atoms with E-state index in [1.54, 1.807) is 7.11 Å². The summed E-state index contributed by atoms with van der Waals surface area (Å²) in [6, 6.07) is 0. The first kappa shape index (κ1) is 26.7. The number of rotatable bonds is 14. The Morgan fingerprint density at radius 3 is 2.32 bits per heavy atom. The molecule has 15 heteroatoms. The number of halogens is 2. The van der Waals surface area contributed by atoms with Gasteiger partial charge < -0.3 is 28.4 Å². The molecule has 2 saturated carbocycles. The maximum Gasteiger partial charge on any atom is 0.378 e. The number of fused-ring (bicyclic) bond motifs is 1. The zero-order chi connectivity index (χ0) is 25.1. The summed E-state index contributed by atoms with van der Waals surface area (Å²) in [5, 5.41) is 0. The third-order valence-electron chi connectivity index (χ3n) is 6.00. The highest BCUT2D eigenvalue weighted by atomic mass is 32.2. The van der Waals surface area contributed by atoms with Crippen LogP contribution in [0.5, 0.6) is 0 Å². The van der Waals surface area contributed by atoms with E-state index in [1.807, 2.05) is 0 Å². The van der Waals surface area contributed by atoms with Crippen molar-refractivity contribution in [2.24, 2.45) is 23.7 Å². The molecule has 1 aliphatic heterocycles. The summed E-state index contributed by atoms with van der Waals surface area (Å²) in [6.45, 7) is 1.34. The van der Waals surface area contributed by atoms with Crippen LogP contribution < -0.4 is 0 Å². The van der Waals surface area contributed by atoms with Crippen molar-refractivity contribution >= 4 is 28.0 Å². The summed E-state index contributed by atoms with van der Waals surface area (Å²) in [6.07, 6.45) is -2.18. The third-order valence-corrected chi connectivity index (χ3v) is 6.73. The normalized spacial score (nSPS) is 29.8. The summed E-state index contributed by atoms with van der Waals surface area (Å²) in [5.74, 6) is -13.6. The zero-order valence-electron chi connectivity index (χ0n) is 18.2. The van der Waals surface area contributed by atoms with Crippen LogP contribution in [0.15, 0.2) is 0 Å². The maximum absolute atomic E-state index is 13.9. The molecule has 1 N–H and O–H groups in total. The first-order valence-corrected chi connectivity index (χ1v) is 12.1. The largest absolute Gasteiger partial charge is 0.463 e. The van der Waals surface area contributed by atoms with E-state index in [0.29, 0.717) is 19.8 Å². The molecule has 6 atom stereocenters. The van der Waals surface area contributed by atoms with E-state index in [-0.39, 0.29) is 26.2 Å². The van der Waals surface area contributed by atoms with Crippen LogP contribution in [0.4, 0.5) is 8.78 Å². The van der Waals surface area contributed by atoms with Crippen molar-refractivity contribution < 1.29 is 64.6 Å². The number of carbonyl (C=O) groups excluding carboxylic acids is 3. The molecule has 0 aromatic rings. The van der Waals surface area contributed by atoms with Gasteiger partial charge in [-0.2, -0.15) is 17.2 Å². The molecule has 3 fully saturated rings. The molecule has 1 heterocycles. The van der Waals surface area contributed by atoms with Crippen LogP contribution in [0.2, 0.25) is 0 Å². The van der Waals surface area contributed by atoms with Gasteiger partial charge in [-0.3, -0.25) is 14.1 Å². The molecular formula is C19H26F2O12S. The molecule has 3 aliphatic rings. The number of carbonyl (C=O) groups is 3. The second kappa shape index (κ2) is 10.8. The highest BCUT2D eigenvalue weighted by Gasteiger charge is 2.70. The lowest BCUT2D eigenvalue weighted by molar-refractivity contribution is -0.185. The Balaban J connectivity index is 1.53. The van der Waals surface area contributed by atoms with Crippen molar-refractivity contribution in [3.8, 4) is 0 Å². The summed E-state index contributed by atoms with van der Waals surface area (Å²) in [7, 11) is -3.63. The highest BCUT2D eigenvalue weighted by molar-refractivity contribution is 7.85. The van der Waals surface area contributed by atoms with Crippen LogP contribution in [0.1, 0.15) is 6.42 Å². The number of alkyl halides is 2. The van der Waals surface area contributed by atoms with Gasteiger partial charge in [0.15, 0.2) is 5.75 Å². The number of esters is 3. The molecule has 0 aromatic carbocycles. The maximum atomic E-state index is 13.9. The molecule has 34 heavy (non-hydrogen) atoms. The highest BCUT2D eigenvalue weighted by Crippen LogP contribution is 2.59. The van der Waals surface area contributed by atoms with Crippen molar-refractivity contribution in [3.05, 3.63) is 0 Å². The third kappa shape index (κ3) is 6.00. The van der Waals surface area contributed by atoms with Crippen molar-refractivity contribution in [3.63, 3.8) is 0 Å². The number of ether oxygens (including phenoxy) is 6. The molecule has 0 radical (unpaired) electrons. The summed E-state index contributed by atoms with van der Waals surface area (Å²) in [4.78, 5) is 36.9. The SMILES string of the molecule is COCCOCCOCCOC(=O)C1C2CC3C(OC(=O)C31)C2OC(=O)C(F)(F)CS(=O)(=O)O. The van der Waals surface area contributed by atoms with Crippen LogP contribution in [0.3, 0.4) is 0 Å². The predicted octanol–water partition coefficient (Wildman–Crippen LogP) is -0.548. The van der Waals surface area contributed by atoms with Crippen molar-refractivity contribution in [1.29, 1.82) is 0 Å². The number of methoxy groups -OCH3 is 1. The van der Waals surface area contributed by atoms with E-state index in [2.05, 4.69) is 0 Å². The monoisotopic (exact) mass is 516 g/mol. The van der Waals surface area contributed by atoms with Gasteiger partial charge >= 0.3 is 23.8 Å². The van der Waals surface area contributed by atoms with Gasteiger partial charge in [0, 0.05) is 18.9 Å². The van der Waals surface area contributed by atoms with Crippen LogP contribution in [0.25, 0.3) is 0 Å². The van der Waals surface area contributed by atoms with Crippen molar-refractivity contribution in [1.82, 2.24) is 0 Å². The lowest BCUT2D eigenvalue weighted by Crippen LogP contribution is -2.47. The Morgan fingerprint density at radius 1 is 1.09 bits per heavy atom. The first-order chi connectivity index (χ1) is 16.0. The van der Waals surface area contributed by atoms with Crippen LogP contribution in [-0.2, 0) is 52.9 Å².